The van der Waals surface area contributed by atoms with E-state index < -0.39 is 24.2 Å². The molecule has 0 bridgehead atoms. The van der Waals surface area contributed by atoms with Crippen LogP contribution in [0, 0.1) is 24.4 Å². The minimum Gasteiger partial charge on any atom is -0.318 e. The first-order valence-corrected chi connectivity index (χ1v) is 14.0. The maximum absolute atomic E-state index is 8.21. The molecule has 0 amide bonds. The van der Waals surface area contributed by atoms with E-state index in [-0.39, 0.29) is 25.9 Å². The molecule has 1 radical (unpaired) electrons. The molecule has 0 aliphatic rings. The summed E-state index contributed by atoms with van der Waals surface area (Å²) in [6.45, 7) is 9.26. The van der Waals surface area contributed by atoms with Crippen molar-refractivity contribution in [1.82, 2.24) is 24.1 Å². The van der Waals surface area contributed by atoms with Crippen molar-refractivity contribution in [1.29, 1.82) is 0 Å². The number of hydrogen-bond acceptors (Lipinski definition) is 3. The fourth-order valence-corrected chi connectivity index (χ4v) is 4.71. The first kappa shape index (κ1) is 25.6. The predicted molar refractivity (Wildman–Crippen MR) is 173 cm³/mol. The summed E-state index contributed by atoms with van der Waals surface area (Å²) in [5.74, 6) is 0.727. The zero-order valence-corrected chi connectivity index (χ0v) is 27.7. The fraction of sp³-hybridized carbons (Fsp3) is 0.270. The summed E-state index contributed by atoms with van der Waals surface area (Å²) in [5.41, 5.74) is 4.17. The van der Waals surface area contributed by atoms with Crippen molar-refractivity contribution in [3.05, 3.63) is 121 Å². The molecule has 223 valence electrons. The fourth-order valence-electron chi connectivity index (χ4n) is 4.71. The van der Waals surface area contributed by atoms with Crippen LogP contribution in [0.4, 0.5) is 0 Å². The zero-order valence-electron chi connectivity index (χ0n) is 30.3. The van der Waals surface area contributed by atoms with Crippen LogP contribution in [-0.2, 0) is 32.0 Å². The van der Waals surface area contributed by atoms with E-state index in [0.717, 1.165) is 22.5 Å². The largest absolute Gasteiger partial charge is 0.318 e. The van der Waals surface area contributed by atoms with Gasteiger partial charge in [-0.3, -0.25) is 4.98 Å². The van der Waals surface area contributed by atoms with E-state index in [1.807, 2.05) is 137 Å². The number of benzene rings is 3. The molecular formula is C37H39IrN5-2. The van der Waals surface area contributed by atoms with Gasteiger partial charge in [-0.1, -0.05) is 51.1 Å². The van der Waals surface area contributed by atoms with Gasteiger partial charge in [0.05, 0.1) is 5.82 Å². The van der Waals surface area contributed by atoms with Crippen LogP contribution in [0.1, 0.15) is 59.8 Å². The van der Waals surface area contributed by atoms with Gasteiger partial charge in [0.15, 0.2) is 11.3 Å². The van der Waals surface area contributed by atoms with E-state index in [1.54, 1.807) is 10.8 Å². The number of para-hydroxylation sites is 1. The third kappa shape index (κ3) is 7.57. The molecule has 3 heterocycles. The SMILES string of the molecule is [2H]C([2H])([2H])c1nc2nc(-c3[c-]cccc3)n(-c3ccccc3)c2n1C(C)(C)C.[2H]C([2H])(c1ccc(-c2[c-]cccc2)nc1)C(C)(C)C.[Ir]. The van der Waals surface area contributed by atoms with Crippen LogP contribution in [0.15, 0.2) is 97.2 Å². The van der Waals surface area contributed by atoms with Gasteiger partial charge in [-0.15, -0.1) is 71.8 Å². The molecule has 6 rings (SSSR count). The number of aromatic nitrogens is 5. The van der Waals surface area contributed by atoms with Crippen LogP contribution in [0.25, 0.3) is 39.6 Å². The molecule has 6 heteroatoms. The Balaban J connectivity index is 0.000000228. The Bertz CT molecular complexity index is 1940. The molecule has 43 heavy (non-hydrogen) atoms. The smallest absolute Gasteiger partial charge is 0.188 e. The number of nitrogens with zero attached hydrogens (tertiary/aromatic N) is 5. The van der Waals surface area contributed by atoms with E-state index in [0.29, 0.717) is 22.7 Å². The molecule has 0 N–H and O–H groups in total. The average Bonchev–Trinajstić information content (AvgIpc) is 3.59. The normalized spacial score (nSPS) is 13.9. The Hall–Kier alpha value is -3.86. The van der Waals surface area contributed by atoms with Crippen LogP contribution in [0.5, 0.6) is 0 Å². The summed E-state index contributed by atoms with van der Waals surface area (Å²) < 4.78 is 44.1. The van der Waals surface area contributed by atoms with Gasteiger partial charge in [-0.25, -0.2) is 4.98 Å². The third-order valence-corrected chi connectivity index (χ3v) is 6.37. The molecule has 0 aliphatic heterocycles. The maximum Gasteiger partial charge on any atom is 0.188 e. The summed E-state index contributed by atoms with van der Waals surface area (Å²) in [4.78, 5) is 13.5. The van der Waals surface area contributed by atoms with Crippen molar-refractivity contribution in [2.24, 2.45) is 5.41 Å². The Kier molecular flexibility index (Phi) is 7.86. The summed E-state index contributed by atoms with van der Waals surface area (Å²) in [7, 11) is 0. The van der Waals surface area contributed by atoms with E-state index in [9.17, 15) is 0 Å². The van der Waals surface area contributed by atoms with Crippen LogP contribution in [0.2, 0.25) is 0 Å². The molecule has 0 saturated heterocycles. The van der Waals surface area contributed by atoms with Crippen LogP contribution in [-0.4, -0.2) is 24.1 Å². The second-order valence-electron chi connectivity index (χ2n) is 12.1. The number of rotatable bonds is 4. The Labute approximate surface area is 276 Å². The molecule has 0 aliphatic carbocycles. The van der Waals surface area contributed by atoms with Crippen molar-refractivity contribution < 1.29 is 27.0 Å². The van der Waals surface area contributed by atoms with Crippen molar-refractivity contribution in [2.45, 2.75) is 60.3 Å². The van der Waals surface area contributed by atoms with Gasteiger partial charge >= 0.3 is 0 Å². The van der Waals surface area contributed by atoms with Crippen molar-refractivity contribution >= 4 is 11.3 Å². The van der Waals surface area contributed by atoms with Crippen molar-refractivity contribution in [2.75, 3.05) is 0 Å². The van der Waals surface area contributed by atoms with Gasteiger partial charge in [0.25, 0.3) is 0 Å². The molecule has 0 fully saturated rings. The van der Waals surface area contributed by atoms with Crippen LogP contribution in [0.3, 0.4) is 0 Å². The standard InChI is InChI=1S/C21H21N4.C16H18N.Ir/c1-15-22-18-20(25(15)21(2,3)4)24(17-13-9-6-10-14-17)19(23-18)16-11-7-5-8-12-16;1-16(2,3)11-13-9-10-15(17-12-13)14-7-5-4-6-8-14;/h5-11,13-14H,1-4H3;4-7,9-10,12H,11H2,1-3H3;/q2*-1;/i1D3;11D2;. The van der Waals surface area contributed by atoms with E-state index in [1.165, 1.54) is 0 Å². The Morgan fingerprint density at radius 2 is 1.44 bits per heavy atom. The number of imidazole rings is 2. The van der Waals surface area contributed by atoms with Crippen LogP contribution < -0.4 is 0 Å². The zero-order chi connectivity index (χ0) is 34.2. The molecule has 0 spiro atoms. The van der Waals surface area contributed by atoms with Gasteiger partial charge in [0, 0.05) is 44.4 Å². The second kappa shape index (κ2) is 13.2. The summed E-state index contributed by atoms with van der Waals surface area (Å²) >= 11 is 0. The summed E-state index contributed by atoms with van der Waals surface area (Å²) in [6, 6.07) is 35.0. The molecular weight excluding hydrogens is 707 g/mol. The van der Waals surface area contributed by atoms with Gasteiger partial charge in [0.2, 0.25) is 0 Å². The molecule has 6 aromatic rings. The third-order valence-electron chi connectivity index (χ3n) is 6.37. The van der Waals surface area contributed by atoms with Crippen molar-refractivity contribution in [3.63, 3.8) is 0 Å². The van der Waals surface area contributed by atoms with Gasteiger partial charge in [0.1, 0.15) is 5.82 Å². The molecule has 3 aromatic heterocycles. The van der Waals surface area contributed by atoms with Gasteiger partial charge < -0.3 is 14.1 Å². The number of aryl methyl sites for hydroxylation is 1. The molecule has 3 aromatic carbocycles. The quantitative estimate of drug-likeness (QED) is 0.169. The molecule has 0 saturated carbocycles. The monoisotopic (exact) mass is 751 g/mol. The molecule has 0 unspecified atom stereocenters. The summed E-state index contributed by atoms with van der Waals surface area (Å²) in [5, 5.41) is 0. The minimum atomic E-state index is -2.34. The van der Waals surface area contributed by atoms with Gasteiger partial charge in [-0.2, -0.15) is 0 Å². The number of pyridine rings is 1. The first-order valence-electron chi connectivity index (χ1n) is 16.5. The number of fused-ring (bicyclic) bond motifs is 1. The summed E-state index contributed by atoms with van der Waals surface area (Å²) in [6.07, 6.45) is 0.223. The average molecular weight is 751 g/mol. The second-order valence-corrected chi connectivity index (χ2v) is 12.1. The molecule has 0 atom stereocenters. The maximum atomic E-state index is 8.21. The number of hydrogen-bond donors (Lipinski definition) is 0. The van der Waals surface area contributed by atoms with Crippen LogP contribution >= 0.6 is 0 Å². The van der Waals surface area contributed by atoms with Crippen molar-refractivity contribution in [3.8, 4) is 28.3 Å². The predicted octanol–water partition coefficient (Wildman–Crippen LogP) is 8.89. The minimum absolute atomic E-state index is 0. The topological polar surface area (TPSA) is 48.5 Å². The Morgan fingerprint density at radius 3 is 1.98 bits per heavy atom. The van der Waals surface area contributed by atoms with Gasteiger partial charge in [-0.05, 0) is 62.8 Å². The molecule has 5 nitrogen and oxygen atoms in total. The van der Waals surface area contributed by atoms with E-state index >= 15 is 0 Å². The Morgan fingerprint density at radius 1 is 0.791 bits per heavy atom. The van der Waals surface area contributed by atoms with E-state index in [2.05, 4.69) is 22.1 Å². The van der Waals surface area contributed by atoms with E-state index in [4.69, 9.17) is 11.8 Å². The first-order chi connectivity index (χ1) is 22.0.